The normalized spacial score (nSPS) is 17.7. The van der Waals surface area contributed by atoms with E-state index in [4.69, 9.17) is 16.3 Å². The van der Waals surface area contributed by atoms with E-state index in [0.717, 1.165) is 0 Å². The van der Waals surface area contributed by atoms with Gasteiger partial charge in [-0.3, -0.25) is 9.59 Å². The molecule has 0 spiro atoms. The molecule has 0 aliphatic carbocycles. The van der Waals surface area contributed by atoms with E-state index < -0.39 is 17.7 Å². The standard InChI is InChI=1S/C24H22ClN3O4/c1-32-19-6-3-2-5-18(19)21-20(22(29)16-7-9-17(25)10-8-16)23(30)24(31)28(21)13-4-12-27-14-11-26-15-27/h2-3,5-11,14-15,21,29H,4,12-13H2,1H3/t21-/m0/s1. The van der Waals surface area contributed by atoms with Crippen molar-refractivity contribution in [2.45, 2.75) is 19.0 Å². The van der Waals surface area contributed by atoms with Gasteiger partial charge in [0, 0.05) is 41.6 Å². The lowest BCUT2D eigenvalue weighted by Crippen LogP contribution is -2.31. The van der Waals surface area contributed by atoms with Gasteiger partial charge < -0.3 is 19.3 Å². The molecule has 2 aromatic carbocycles. The van der Waals surface area contributed by atoms with Crippen LogP contribution in [0.5, 0.6) is 5.75 Å². The zero-order chi connectivity index (χ0) is 22.7. The molecule has 7 nitrogen and oxygen atoms in total. The molecule has 8 heteroatoms. The molecule has 1 amide bonds. The lowest BCUT2D eigenvalue weighted by Gasteiger charge is -2.26. The Kier molecular flexibility index (Phi) is 6.28. The minimum absolute atomic E-state index is 0.0319. The quantitative estimate of drug-likeness (QED) is 0.332. The SMILES string of the molecule is COc1ccccc1[C@H]1C(=C(O)c2ccc(Cl)cc2)C(=O)C(=O)N1CCCn1ccnc1. The highest BCUT2D eigenvalue weighted by molar-refractivity contribution is 6.46. The number of rotatable bonds is 7. The lowest BCUT2D eigenvalue weighted by atomic mass is 9.94. The van der Waals surface area contributed by atoms with Crippen molar-refractivity contribution in [3.8, 4) is 5.75 Å². The molecular formula is C24H22ClN3O4. The third-order valence-corrected chi connectivity index (χ3v) is 5.72. The Morgan fingerprint density at radius 3 is 2.56 bits per heavy atom. The largest absolute Gasteiger partial charge is 0.507 e. The first-order valence-corrected chi connectivity index (χ1v) is 10.5. The zero-order valence-electron chi connectivity index (χ0n) is 17.4. The molecular weight excluding hydrogens is 430 g/mol. The van der Waals surface area contributed by atoms with Crippen LogP contribution in [0.15, 0.2) is 72.8 Å². The summed E-state index contributed by atoms with van der Waals surface area (Å²) in [5.41, 5.74) is 1.07. The summed E-state index contributed by atoms with van der Waals surface area (Å²) < 4.78 is 7.41. The number of nitrogens with zero attached hydrogens (tertiary/aromatic N) is 3. The summed E-state index contributed by atoms with van der Waals surface area (Å²) in [7, 11) is 1.53. The van der Waals surface area contributed by atoms with Gasteiger partial charge in [0.1, 0.15) is 11.5 Å². The average molecular weight is 452 g/mol. The summed E-state index contributed by atoms with van der Waals surface area (Å²) in [5.74, 6) is -1.09. The molecule has 1 aliphatic heterocycles. The number of methoxy groups -OCH3 is 1. The number of imidazole rings is 1. The fourth-order valence-electron chi connectivity index (χ4n) is 3.93. The number of aliphatic hydroxyl groups excluding tert-OH is 1. The van der Waals surface area contributed by atoms with Crippen molar-refractivity contribution in [1.82, 2.24) is 14.5 Å². The predicted octanol–water partition coefficient (Wildman–Crippen LogP) is 4.06. The van der Waals surface area contributed by atoms with Gasteiger partial charge >= 0.3 is 0 Å². The maximum absolute atomic E-state index is 13.1. The van der Waals surface area contributed by atoms with Gasteiger partial charge in [-0.25, -0.2) is 4.98 Å². The van der Waals surface area contributed by atoms with Crippen molar-refractivity contribution in [1.29, 1.82) is 0 Å². The number of ketones is 1. The second kappa shape index (κ2) is 9.28. The Hall–Kier alpha value is -3.58. The maximum atomic E-state index is 13.1. The van der Waals surface area contributed by atoms with Crippen molar-refractivity contribution in [2.24, 2.45) is 0 Å². The van der Waals surface area contributed by atoms with Crippen molar-refractivity contribution < 1.29 is 19.4 Å². The van der Waals surface area contributed by atoms with Crippen molar-refractivity contribution in [2.75, 3.05) is 13.7 Å². The highest BCUT2D eigenvalue weighted by Gasteiger charge is 2.46. The van der Waals surface area contributed by atoms with Crippen LogP contribution in [0, 0.1) is 0 Å². The highest BCUT2D eigenvalue weighted by Crippen LogP contribution is 2.42. The molecule has 1 fully saturated rings. The number of amides is 1. The van der Waals surface area contributed by atoms with Gasteiger partial charge in [-0.15, -0.1) is 0 Å². The van der Waals surface area contributed by atoms with Gasteiger partial charge in [0.25, 0.3) is 11.7 Å². The molecule has 1 aliphatic rings. The number of hydrogen-bond donors (Lipinski definition) is 1. The molecule has 1 saturated heterocycles. The van der Waals surface area contributed by atoms with Crippen LogP contribution >= 0.6 is 11.6 Å². The Morgan fingerprint density at radius 1 is 1.12 bits per heavy atom. The van der Waals surface area contributed by atoms with Crippen molar-refractivity contribution in [3.63, 3.8) is 0 Å². The first-order valence-electron chi connectivity index (χ1n) is 10.1. The van der Waals surface area contributed by atoms with Crippen LogP contribution in [0.2, 0.25) is 5.02 Å². The summed E-state index contributed by atoms with van der Waals surface area (Å²) in [6, 6.07) is 12.9. The number of ether oxygens (including phenoxy) is 1. The summed E-state index contributed by atoms with van der Waals surface area (Å²) in [4.78, 5) is 31.6. The molecule has 0 bridgehead atoms. The first kappa shape index (κ1) is 21.6. The van der Waals surface area contributed by atoms with E-state index in [1.54, 1.807) is 48.9 Å². The minimum Gasteiger partial charge on any atom is -0.507 e. The molecule has 1 aromatic heterocycles. The number of aliphatic hydroxyl groups is 1. The topological polar surface area (TPSA) is 84.7 Å². The Bertz CT molecular complexity index is 1160. The molecule has 3 aromatic rings. The van der Waals surface area contributed by atoms with E-state index in [1.165, 1.54) is 12.0 Å². The monoisotopic (exact) mass is 451 g/mol. The third kappa shape index (κ3) is 4.11. The second-order valence-corrected chi connectivity index (χ2v) is 7.83. The zero-order valence-corrected chi connectivity index (χ0v) is 18.2. The van der Waals surface area contributed by atoms with Gasteiger partial charge in [-0.05, 0) is 36.8 Å². The molecule has 0 unspecified atom stereocenters. The van der Waals surface area contributed by atoms with Crippen LogP contribution in [0.25, 0.3) is 5.76 Å². The Balaban J connectivity index is 1.77. The number of Topliss-reactive ketones (excluding diaryl/α,β-unsaturated/α-hetero) is 1. The van der Waals surface area contributed by atoms with Gasteiger partial charge in [-0.1, -0.05) is 29.8 Å². The number of aromatic nitrogens is 2. The summed E-state index contributed by atoms with van der Waals surface area (Å²) in [6.07, 6.45) is 5.84. The number of benzene rings is 2. The van der Waals surface area contributed by atoms with Gasteiger partial charge in [0.05, 0.1) is 25.1 Å². The van der Waals surface area contributed by atoms with E-state index in [0.29, 0.717) is 41.4 Å². The summed E-state index contributed by atoms with van der Waals surface area (Å²) in [6.45, 7) is 0.960. The van der Waals surface area contributed by atoms with Crippen LogP contribution < -0.4 is 4.74 Å². The molecule has 1 N–H and O–H groups in total. The minimum atomic E-state index is -0.774. The number of hydrogen-bond acceptors (Lipinski definition) is 5. The van der Waals surface area contributed by atoms with Crippen molar-refractivity contribution in [3.05, 3.63) is 89.0 Å². The molecule has 1 atom stereocenters. The van der Waals surface area contributed by atoms with E-state index in [-0.39, 0.29) is 11.3 Å². The fourth-order valence-corrected chi connectivity index (χ4v) is 4.06. The third-order valence-electron chi connectivity index (χ3n) is 5.47. The number of carbonyl (C=O) groups is 2. The van der Waals surface area contributed by atoms with E-state index in [9.17, 15) is 14.7 Å². The van der Waals surface area contributed by atoms with Crippen molar-refractivity contribution >= 4 is 29.1 Å². The Labute approximate surface area is 190 Å². The first-order chi connectivity index (χ1) is 15.5. The van der Waals surface area contributed by atoms with Crippen LogP contribution in [-0.4, -0.2) is 44.9 Å². The number of aryl methyl sites for hydroxylation is 1. The highest BCUT2D eigenvalue weighted by atomic mass is 35.5. The predicted molar refractivity (Wildman–Crippen MR) is 120 cm³/mol. The second-order valence-electron chi connectivity index (χ2n) is 7.40. The van der Waals surface area contributed by atoms with Gasteiger partial charge in [0.2, 0.25) is 0 Å². The lowest BCUT2D eigenvalue weighted by molar-refractivity contribution is -0.140. The Morgan fingerprint density at radius 2 is 1.88 bits per heavy atom. The summed E-state index contributed by atoms with van der Waals surface area (Å²) in [5, 5.41) is 11.6. The van der Waals surface area contributed by atoms with E-state index in [2.05, 4.69) is 4.98 Å². The van der Waals surface area contributed by atoms with E-state index in [1.807, 2.05) is 22.9 Å². The smallest absolute Gasteiger partial charge is 0.295 e. The molecule has 0 saturated carbocycles. The van der Waals surface area contributed by atoms with Crippen LogP contribution in [0.3, 0.4) is 0 Å². The average Bonchev–Trinajstić information content (AvgIpc) is 3.41. The van der Waals surface area contributed by atoms with E-state index >= 15 is 0 Å². The molecule has 32 heavy (non-hydrogen) atoms. The number of likely N-dealkylation sites (tertiary alicyclic amines) is 1. The molecule has 4 rings (SSSR count). The van der Waals surface area contributed by atoms with Crippen LogP contribution in [0.4, 0.5) is 0 Å². The number of halogens is 1. The van der Waals surface area contributed by atoms with Crippen LogP contribution in [-0.2, 0) is 16.1 Å². The number of para-hydroxylation sites is 1. The maximum Gasteiger partial charge on any atom is 0.295 e. The summed E-state index contributed by atoms with van der Waals surface area (Å²) >= 11 is 5.96. The number of carbonyl (C=O) groups excluding carboxylic acids is 2. The van der Waals surface area contributed by atoms with Gasteiger partial charge in [0.15, 0.2) is 0 Å². The fraction of sp³-hybridized carbons (Fsp3) is 0.208. The molecule has 2 heterocycles. The molecule has 164 valence electrons. The van der Waals surface area contributed by atoms with Gasteiger partial charge in [-0.2, -0.15) is 0 Å². The molecule has 0 radical (unpaired) electrons. The van der Waals surface area contributed by atoms with Crippen LogP contribution in [0.1, 0.15) is 23.6 Å².